The first-order valence-electron chi connectivity index (χ1n) is 5.17. The smallest absolute Gasteiger partial charge is 0.404 e. The maximum Gasteiger partial charge on any atom is 0.404 e. The minimum absolute atomic E-state index is 0.126. The van der Waals surface area contributed by atoms with E-state index in [-0.39, 0.29) is 24.6 Å². The summed E-state index contributed by atoms with van der Waals surface area (Å²) in [6.07, 6.45) is 0.0986. The number of methoxy groups -OCH3 is 1. The lowest BCUT2D eigenvalue weighted by Gasteiger charge is -2.24. The van der Waals surface area contributed by atoms with Crippen molar-refractivity contribution < 1.29 is 19.4 Å². The molecule has 0 heterocycles. The SMILES string of the molecule is CNC(OC)C(C)CC(C=O)CNC(=O)O. The van der Waals surface area contributed by atoms with Crippen molar-refractivity contribution in [1.29, 1.82) is 0 Å². The topological polar surface area (TPSA) is 87.7 Å². The van der Waals surface area contributed by atoms with E-state index in [1.165, 1.54) is 0 Å². The van der Waals surface area contributed by atoms with E-state index in [4.69, 9.17) is 9.84 Å². The molecule has 6 nitrogen and oxygen atoms in total. The van der Waals surface area contributed by atoms with Crippen LogP contribution < -0.4 is 10.6 Å². The highest BCUT2D eigenvalue weighted by Crippen LogP contribution is 2.14. The summed E-state index contributed by atoms with van der Waals surface area (Å²) < 4.78 is 5.17. The number of carbonyl (C=O) groups is 2. The first-order chi connectivity index (χ1) is 7.54. The highest BCUT2D eigenvalue weighted by atomic mass is 16.5. The molecular weight excluding hydrogens is 212 g/mol. The van der Waals surface area contributed by atoms with Crippen LogP contribution in [-0.2, 0) is 9.53 Å². The lowest BCUT2D eigenvalue weighted by molar-refractivity contribution is -0.111. The molecule has 3 unspecified atom stereocenters. The van der Waals surface area contributed by atoms with Crippen LogP contribution in [0.2, 0.25) is 0 Å². The average molecular weight is 232 g/mol. The summed E-state index contributed by atoms with van der Waals surface area (Å²) >= 11 is 0. The third-order valence-corrected chi connectivity index (χ3v) is 2.44. The molecule has 0 aliphatic rings. The van der Waals surface area contributed by atoms with Crippen molar-refractivity contribution in [1.82, 2.24) is 10.6 Å². The van der Waals surface area contributed by atoms with Crippen LogP contribution in [0.4, 0.5) is 4.79 Å². The second-order valence-corrected chi connectivity index (χ2v) is 3.74. The second-order valence-electron chi connectivity index (χ2n) is 3.74. The molecular formula is C10H20N2O4. The first-order valence-corrected chi connectivity index (χ1v) is 5.17. The Morgan fingerprint density at radius 1 is 1.56 bits per heavy atom. The van der Waals surface area contributed by atoms with Crippen molar-refractivity contribution in [3.05, 3.63) is 0 Å². The third-order valence-electron chi connectivity index (χ3n) is 2.44. The normalized spacial score (nSPS) is 16.2. The highest BCUT2D eigenvalue weighted by Gasteiger charge is 2.19. The fourth-order valence-electron chi connectivity index (χ4n) is 1.64. The van der Waals surface area contributed by atoms with Crippen LogP contribution in [0.5, 0.6) is 0 Å². The van der Waals surface area contributed by atoms with Gasteiger partial charge in [0.1, 0.15) is 12.5 Å². The average Bonchev–Trinajstić information content (AvgIpc) is 2.25. The Bertz CT molecular complexity index is 219. The predicted octanol–water partition coefficient (Wildman–Crippen LogP) is 0.287. The molecule has 0 aromatic heterocycles. The van der Waals surface area contributed by atoms with Gasteiger partial charge >= 0.3 is 6.09 Å². The molecule has 0 aromatic carbocycles. The van der Waals surface area contributed by atoms with Gasteiger partial charge in [0.2, 0.25) is 0 Å². The molecule has 94 valence electrons. The van der Waals surface area contributed by atoms with Crippen molar-refractivity contribution in [2.24, 2.45) is 11.8 Å². The van der Waals surface area contributed by atoms with Crippen molar-refractivity contribution in [3.8, 4) is 0 Å². The molecule has 0 spiro atoms. The molecule has 0 fully saturated rings. The number of rotatable bonds is 8. The molecule has 0 aliphatic carbocycles. The van der Waals surface area contributed by atoms with Gasteiger partial charge in [-0.1, -0.05) is 6.92 Å². The summed E-state index contributed by atoms with van der Waals surface area (Å²) in [4.78, 5) is 21.0. The van der Waals surface area contributed by atoms with Gasteiger partial charge in [0, 0.05) is 19.6 Å². The van der Waals surface area contributed by atoms with E-state index in [9.17, 15) is 9.59 Å². The minimum Gasteiger partial charge on any atom is -0.465 e. The van der Waals surface area contributed by atoms with E-state index in [2.05, 4.69) is 10.6 Å². The Hall–Kier alpha value is -1.14. The van der Waals surface area contributed by atoms with Crippen LogP contribution >= 0.6 is 0 Å². The third kappa shape index (κ3) is 5.67. The molecule has 1 amide bonds. The lowest BCUT2D eigenvalue weighted by atomic mass is 9.95. The van der Waals surface area contributed by atoms with Crippen LogP contribution in [0, 0.1) is 11.8 Å². The number of ether oxygens (including phenoxy) is 1. The van der Waals surface area contributed by atoms with Crippen LogP contribution in [0.25, 0.3) is 0 Å². The van der Waals surface area contributed by atoms with Crippen molar-refractivity contribution in [2.75, 3.05) is 20.7 Å². The molecule has 0 aromatic rings. The highest BCUT2D eigenvalue weighted by molar-refractivity contribution is 5.65. The van der Waals surface area contributed by atoms with E-state index in [0.717, 1.165) is 6.29 Å². The van der Waals surface area contributed by atoms with Crippen LogP contribution in [0.15, 0.2) is 0 Å². The van der Waals surface area contributed by atoms with Gasteiger partial charge in [0.15, 0.2) is 0 Å². The Kier molecular flexibility index (Phi) is 7.49. The molecule has 0 radical (unpaired) electrons. The van der Waals surface area contributed by atoms with E-state index < -0.39 is 6.09 Å². The largest absolute Gasteiger partial charge is 0.465 e. The zero-order chi connectivity index (χ0) is 12.6. The minimum atomic E-state index is -1.11. The molecule has 0 saturated heterocycles. The zero-order valence-electron chi connectivity index (χ0n) is 9.90. The molecule has 0 rings (SSSR count). The fourth-order valence-corrected chi connectivity index (χ4v) is 1.64. The molecule has 6 heteroatoms. The van der Waals surface area contributed by atoms with Crippen LogP contribution in [-0.4, -0.2) is 44.4 Å². The van der Waals surface area contributed by atoms with Crippen LogP contribution in [0.1, 0.15) is 13.3 Å². The van der Waals surface area contributed by atoms with E-state index in [1.54, 1.807) is 14.2 Å². The standard InChI is InChI=1S/C10H20N2O4/c1-7(9(11-2)16-3)4-8(6-13)5-12-10(14)15/h6-9,11-12H,4-5H2,1-3H3,(H,14,15). The van der Waals surface area contributed by atoms with E-state index >= 15 is 0 Å². The van der Waals surface area contributed by atoms with Gasteiger partial charge in [-0.05, 0) is 19.4 Å². The summed E-state index contributed by atoms with van der Waals surface area (Å²) in [7, 11) is 3.36. The maximum atomic E-state index is 10.8. The number of carbonyl (C=O) groups excluding carboxylic acids is 1. The number of carboxylic acid groups (broad SMARTS) is 1. The maximum absolute atomic E-state index is 10.8. The predicted molar refractivity (Wildman–Crippen MR) is 59.2 cm³/mol. The number of hydrogen-bond donors (Lipinski definition) is 3. The van der Waals surface area contributed by atoms with Crippen molar-refractivity contribution in [2.45, 2.75) is 19.6 Å². The summed E-state index contributed by atoms with van der Waals surface area (Å²) in [5.74, 6) is -0.196. The van der Waals surface area contributed by atoms with Gasteiger partial charge in [-0.15, -0.1) is 0 Å². The lowest BCUT2D eigenvalue weighted by Crippen LogP contribution is -2.37. The van der Waals surface area contributed by atoms with Gasteiger partial charge in [0.25, 0.3) is 0 Å². The molecule has 0 aliphatic heterocycles. The molecule has 16 heavy (non-hydrogen) atoms. The van der Waals surface area contributed by atoms with Gasteiger partial charge in [-0.3, -0.25) is 5.32 Å². The number of amides is 1. The second kappa shape index (κ2) is 8.06. The number of aldehydes is 1. The van der Waals surface area contributed by atoms with Crippen molar-refractivity contribution >= 4 is 12.4 Å². The van der Waals surface area contributed by atoms with Gasteiger partial charge in [-0.25, -0.2) is 4.79 Å². The summed E-state index contributed by atoms with van der Waals surface area (Å²) in [5.41, 5.74) is 0. The molecule has 0 bridgehead atoms. The van der Waals surface area contributed by atoms with Gasteiger partial charge in [0.05, 0.1) is 0 Å². The Labute approximate surface area is 95.4 Å². The Morgan fingerprint density at radius 2 is 2.19 bits per heavy atom. The number of hydrogen-bond acceptors (Lipinski definition) is 4. The number of nitrogens with one attached hydrogen (secondary N) is 2. The van der Waals surface area contributed by atoms with E-state index in [0.29, 0.717) is 6.42 Å². The van der Waals surface area contributed by atoms with Gasteiger partial charge in [-0.2, -0.15) is 0 Å². The zero-order valence-corrected chi connectivity index (χ0v) is 9.90. The molecule has 3 N–H and O–H groups in total. The monoisotopic (exact) mass is 232 g/mol. The van der Waals surface area contributed by atoms with Crippen molar-refractivity contribution in [3.63, 3.8) is 0 Å². The Balaban J connectivity index is 4.09. The van der Waals surface area contributed by atoms with Gasteiger partial charge < -0.3 is 20.0 Å². The fraction of sp³-hybridized carbons (Fsp3) is 0.800. The summed E-state index contributed by atoms with van der Waals surface area (Å²) in [6, 6.07) is 0. The van der Waals surface area contributed by atoms with E-state index in [1.807, 2.05) is 6.92 Å². The molecule has 0 saturated carbocycles. The first kappa shape index (κ1) is 14.9. The summed E-state index contributed by atoms with van der Waals surface area (Å²) in [6.45, 7) is 2.09. The summed E-state index contributed by atoms with van der Waals surface area (Å²) in [5, 5.41) is 13.6. The Morgan fingerprint density at radius 3 is 2.56 bits per heavy atom. The van der Waals surface area contributed by atoms with Crippen LogP contribution in [0.3, 0.4) is 0 Å². The molecule has 3 atom stereocenters. The quantitative estimate of drug-likeness (QED) is 0.413.